The number of aliphatic hydroxyl groups is 1. The van der Waals surface area contributed by atoms with Gasteiger partial charge in [-0.05, 0) is 35.7 Å². The van der Waals surface area contributed by atoms with E-state index in [9.17, 15) is 27.5 Å². The summed E-state index contributed by atoms with van der Waals surface area (Å²) in [5.41, 5.74) is -0.00830. The molecule has 0 fully saturated rings. The highest BCUT2D eigenvalue weighted by Crippen LogP contribution is 2.45. The van der Waals surface area contributed by atoms with Crippen molar-refractivity contribution < 1.29 is 27.5 Å². The van der Waals surface area contributed by atoms with E-state index in [1.165, 1.54) is 29.5 Å². The molecule has 0 saturated carbocycles. The number of Topliss-reactive ketones (excluding diaryl/α,β-unsaturated/α-hetero) is 1. The first-order valence-corrected chi connectivity index (χ1v) is 10.6. The lowest BCUT2D eigenvalue weighted by Crippen LogP contribution is -2.39. The molecule has 0 saturated heterocycles. The molecule has 3 nitrogen and oxygen atoms in total. The van der Waals surface area contributed by atoms with Gasteiger partial charge in [-0.3, -0.25) is 4.79 Å². The predicted octanol–water partition coefficient (Wildman–Crippen LogP) is 5.88. The quantitative estimate of drug-likeness (QED) is 0.293. The number of thiazole rings is 1. The van der Waals surface area contributed by atoms with Crippen molar-refractivity contribution in [2.75, 3.05) is 0 Å². The first-order chi connectivity index (χ1) is 15.0. The van der Waals surface area contributed by atoms with Gasteiger partial charge in [-0.15, -0.1) is 11.3 Å². The monoisotopic (exact) mass is 461 g/mol. The van der Waals surface area contributed by atoms with E-state index in [2.05, 4.69) is 11.6 Å². The van der Waals surface area contributed by atoms with Crippen molar-refractivity contribution in [1.82, 2.24) is 4.98 Å². The Bertz CT molecular complexity index is 1210. The van der Waals surface area contributed by atoms with E-state index in [0.717, 1.165) is 17.0 Å². The SMILES string of the molecule is C=C(O)C(=O)C1(c2cccc(F)c2C)Cc2nc(Cc3cccc(C(F)(F)F)c3)sc2C1. The van der Waals surface area contributed by atoms with Crippen LogP contribution in [0, 0.1) is 12.7 Å². The molecule has 1 N–H and O–H groups in total. The van der Waals surface area contributed by atoms with Crippen molar-refractivity contribution in [2.45, 2.75) is 37.8 Å². The normalized spacial score (nSPS) is 17.9. The Labute approximate surface area is 186 Å². The number of carbonyl (C=O) groups is 1. The lowest BCUT2D eigenvalue weighted by Gasteiger charge is -2.29. The van der Waals surface area contributed by atoms with Crippen LogP contribution >= 0.6 is 11.3 Å². The van der Waals surface area contributed by atoms with Crippen LogP contribution in [0.2, 0.25) is 0 Å². The van der Waals surface area contributed by atoms with Gasteiger partial charge in [-0.2, -0.15) is 13.2 Å². The van der Waals surface area contributed by atoms with Crippen LogP contribution in [0.5, 0.6) is 0 Å². The molecule has 166 valence electrons. The number of carbonyl (C=O) groups excluding carboxylic acids is 1. The highest BCUT2D eigenvalue weighted by Gasteiger charge is 2.49. The summed E-state index contributed by atoms with van der Waals surface area (Å²) in [6.45, 7) is 4.96. The van der Waals surface area contributed by atoms with Gasteiger partial charge in [0.25, 0.3) is 0 Å². The van der Waals surface area contributed by atoms with E-state index >= 15 is 0 Å². The van der Waals surface area contributed by atoms with Crippen molar-refractivity contribution in [2.24, 2.45) is 0 Å². The standard InChI is InChI=1S/C24H19F4NO2S/c1-13-17(7-4-8-18(13)25)23(22(31)14(2)30)11-19-20(12-23)32-21(29-19)10-15-5-3-6-16(9-15)24(26,27)28/h3-9,30H,2,10-12H2,1H3. The number of rotatable bonds is 5. The molecule has 0 amide bonds. The smallest absolute Gasteiger partial charge is 0.416 e. The highest BCUT2D eigenvalue weighted by molar-refractivity contribution is 7.11. The largest absolute Gasteiger partial charge is 0.505 e. The van der Waals surface area contributed by atoms with Crippen molar-refractivity contribution in [3.63, 3.8) is 0 Å². The molecule has 0 spiro atoms. The summed E-state index contributed by atoms with van der Waals surface area (Å²) in [7, 11) is 0. The molecule has 2 aromatic carbocycles. The summed E-state index contributed by atoms with van der Waals surface area (Å²) < 4.78 is 53.2. The Morgan fingerprint density at radius 2 is 1.94 bits per heavy atom. The molecule has 1 aliphatic rings. The zero-order valence-electron chi connectivity index (χ0n) is 17.1. The predicted molar refractivity (Wildman–Crippen MR) is 113 cm³/mol. The summed E-state index contributed by atoms with van der Waals surface area (Å²) >= 11 is 1.32. The number of alkyl halides is 3. The van der Waals surface area contributed by atoms with Crippen LogP contribution in [-0.2, 0) is 35.6 Å². The maximum Gasteiger partial charge on any atom is 0.416 e. The van der Waals surface area contributed by atoms with E-state index in [1.807, 2.05) is 0 Å². The first-order valence-electron chi connectivity index (χ1n) is 9.83. The minimum Gasteiger partial charge on any atom is -0.505 e. The summed E-state index contributed by atoms with van der Waals surface area (Å²) in [4.78, 5) is 18.4. The molecular weight excluding hydrogens is 442 g/mol. The van der Waals surface area contributed by atoms with Crippen LogP contribution in [0.1, 0.15) is 37.8 Å². The summed E-state index contributed by atoms with van der Waals surface area (Å²) in [6.07, 6.45) is -3.82. The van der Waals surface area contributed by atoms with Crippen molar-refractivity contribution in [3.8, 4) is 0 Å². The number of aromatic nitrogens is 1. The van der Waals surface area contributed by atoms with E-state index in [-0.39, 0.29) is 19.3 Å². The van der Waals surface area contributed by atoms with E-state index < -0.39 is 34.5 Å². The minimum atomic E-state index is -4.42. The van der Waals surface area contributed by atoms with Crippen molar-refractivity contribution >= 4 is 17.1 Å². The Hall–Kier alpha value is -3.00. The average molecular weight is 461 g/mol. The minimum absolute atomic E-state index is 0.157. The third-order valence-electron chi connectivity index (χ3n) is 5.84. The van der Waals surface area contributed by atoms with Gasteiger partial charge in [0.2, 0.25) is 5.78 Å². The molecule has 0 radical (unpaired) electrons. The van der Waals surface area contributed by atoms with E-state index in [1.54, 1.807) is 19.1 Å². The second-order valence-electron chi connectivity index (χ2n) is 7.98. The van der Waals surface area contributed by atoms with E-state index in [0.29, 0.717) is 27.4 Å². The second kappa shape index (κ2) is 7.85. The lowest BCUT2D eigenvalue weighted by atomic mass is 9.72. The number of halogens is 4. The lowest BCUT2D eigenvalue weighted by molar-refractivity contribution is -0.137. The van der Waals surface area contributed by atoms with Gasteiger partial charge < -0.3 is 5.11 Å². The Morgan fingerprint density at radius 3 is 2.59 bits per heavy atom. The van der Waals surface area contributed by atoms with Gasteiger partial charge in [0.15, 0.2) is 5.76 Å². The third kappa shape index (κ3) is 3.83. The fourth-order valence-corrected chi connectivity index (χ4v) is 5.55. The third-order valence-corrected chi connectivity index (χ3v) is 6.94. The van der Waals surface area contributed by atoms with Crippen LogP contribution < -0.4 is 0 Å². The Kier molecular flexibility index (Phi) is 5.45. The molecule has 0 aliphatic heterocycles. The number of fused-ring (bicyclic) bond motifs is 1. The zero-order valence-corrected chi connectivity index (χ0v) is 17.9. The van der Waals surface area contributed by atoms with Gasteiger partial charge in [-0.1, -0.05) is 36.9 Å². The first kappa shape index (κ1) is 22.2. The molecule has 1 aromatic heterocycles. The van der Waals surface area contributed by atoms with Crippen molar-refractivity contribution in [3.05, 3.63) is 98.5 Å². The molecule has 0 bridgehead atoms. The van der Waals surface area contributed by atoms with Crippen LogP contribution in [-0.4, -0.2) is 15.9 Å². The highest BCUT2D eigenvalue weighted by atomic mass is 32.1. The average Bonchev–Trinajstić information content (AvgIpc) is 3.25. The maximum atomic E-state index is 14.3. The molecule has 4 rings (SSSR count). The molecule has 1 heterocycles. The molecule has 1 atom stereocenters. The Balaban J connectivity index is 1.66. The molecular formula is C24H19F4NO2S. The van der Waals surface area contributed by atoms with Gasteiger partial charge in [0.05, 0.1) is 21.7 Å². The molecule has 8 heteroatoms. The fourth-order valence-electron chi connectivity index (χ4n) is 4.32. The molecule has 1 unspecified atom stereocenters. The molecule has 1 aliphatic carbocycles. The second-order valence-corrected chi connectivity index (χ2v) is 9.14. The van der Waals surface area contributed by atoms with Gasteiger partial charge in [-0.25, -0.2) is 9.37 Å². The fraction of sp³-hybridized carbons (Fsp3) is 0.250. The van der Waals surface area contributed by atoms with Crippen LogP contribution in [0.25, 0.3) is 0 Å². The number of benzene rings is 2. The van der Waals surface area contributed by atoms with Crippen LogP contribution in [0.15, 0.2) is 54.8 Å². The number of aliphatic hydroxyl groups excluding tert-OH is 1. The zero-order chi connectivity index (χ0) is 23.3. The van der Waals surface area contributed by atoms with Gasteiger partial charge in [0, 0.05) is 24.1 Å². The van der Waals surface area contributed by atoms with Crippen molar-refractivity contribution in [1.29, 1.82) is 0 Å². The van der Waals surface area contributed by atoms with Gasteiger partial charge in [0.1, 0.15) is 5.82 Å². The number of nitrogens with zero attached hydrogens (tertiary/aromatic N) is 1. The van der Waals surface area contributed by atoms with E-state index in [4.69, 9.17) is 0 Å². The summed E-state index contributed by atoms with van der Waals surface area (Å²) in [5, 5.41) is 10.5. The summed E-state index contributed by atoms with van der Waals surface area (Å²) in [5.74, 6) is -1.64. The summed E-state index contributed by atoms with van der Waals surface area (Å²) in [6, 6.07) is 9.59. The number of hydrogen-bond acceptors (Lipinski definition) is 4. The molecule has 32 heavy (non-hydrogen) atoms. The van der Waals surface area contributed by atoms with Crippen LogP contribution in [0.4, 0.5) is 17.6 Å². The number of allylic oxidation sites excluding steroid dienone is 1. The Morgan fingerprint density at radius 1 is 1.22 bits per heavy atom. The van der Waals surface area contributed by atoms with Crippen LogP contribution in [0.3, 0.4) is 0 Å². The number of hydrogen-bond donors (Lipinski definition) is 1. The topological polar surface area (TPSA) is 50.2 Å². The molecule has 3 aromatic rings. The number of ketones is 1. The van der Waals surface area contributed by atoms with Gasteiger partial charge >= 0.3 is 6.18 Å². The maximum absolute atomic E-state index is 14.3.